The molecule has 0 unspecified atom stereocenters. The largest absolute Gasteiger partial charge is 0.478 e. The molecule has 3 rings (SSSR count). The number of nitrogens with zero attached hydrogens (tertiary/aromatic N) is 4. The van der Waals surface area contributed by atoms with E-state index >= 15 is 0 Å². The number of carbonyl (C=O) groups is 2. The van der Waals surface area contributed by atoms with Gasteiger partial charge in [-0.05, 0) is 46.6 Å². The molecule has 0 saturated carbocycles. The molecule has 0 aliphatic carbocycles. The lowest BCUT2D eigenvalue weighted by molar-refractivity contribution is 0.0697. The molecule has 0 aliphatic rings. The van der Waals surface area contributed by atoms with Crippen molar-refractivity contribution in [1.29, 1.82) is 0 Å². The lowest BCUT2D eigenvalue weighted by Gasteiger charge is -2.25. The monoisotopic (exact) mass is 580 g/mol. The van der Waals surface area contributed by atoms with Crippen LogP contribution in [0.25, 0.3) is 5.82 Å². The first-order valence-electron chi connectivity index (χ1n) is 9.15. The molecule has 0 saturated heterocycles. The summed E-state index contributed by atoms with van der Waals surface area (Å²) >= 11 is 21.9. The molecule has 2 aromatic heterocycles. The van der Waals surface area contributed by atoms with E-state index in [2.05, 4.69) is 26.0 Å². The van der Waals surface area contributed by atoms with Crippen molar-refractivity contribution < 1.29 is 14.7 Å². The second-order valence-electron chi connectivity index (χ2n) is 6.47. The van der Waals surface area contributed by atoms with Crippen molar-refractivity contribution in [2.45, 2.75) is 19.8 Å². The van der Waals surface area contributed by atoms with Crippen molar-refractivity contribution >= 4 is 80.7 Å². The van der Waals surface area contributed by atoms with E-state index in [0.717, 1.165) is 6.42 Å². The standard InChI is InChI=1S/C20H16BrCl3N4O3.ClH/c1-2-3-7-27(17-12(20(30)31)8-11(22)9-14(17)24)19(29)15-10-16(21)26-28(15)18-13(23)5-4-6-25-18;/h4-6,8-10H,2-3,7H2,1H3,(H,30,31);1H. The number of carboxylic acids is 1. The Morgan fingerprint density at radius 3 is 2.53 bits per heavy atom. The molecule has 0 aliphatic heterocycles. The van der Waals surface area contributed by atoms with Crippen molar-refractivity contribution in [3.63, 3.8) is 0 Å². The summed E-state index contributed by atoms with van der Waals surface area (Å²) in [6, 6.07) is 7.46. The van der Waals surface area contributed by atoms with E-state index in [0.29, 0.717) is 16.0 Å². The number of halogens is 5. The molecule has 2 heterocycles. The van der Waals surface area contributed by atoms with Gasteiger partial charge in [-0.15, -0.1) is 12.4 Å². The van der Waals surface area contributed by atoms with E-state index in [1.807, 2.05) is 6.92 Å². The van der Waals surface area contributed by atoms with Crippen LogP contribution in [0.2, 0.25) is 15.1 Å². The van der Waals surface area contributed by atoms with E-state index in [1.165, 1.54) is 34.0 Å². The molecule has 1 aromatic carbocycles. The molecule has 1 N–H and O–H groups in total. The number of anilines is 1. The normalized spacial score (nSPS) is 10.5. The maximum absolute atomic E-state index is 13.7. The van der Waals surface area contributed by atoms with E-state index in [4.69, 9.17) is 34.8 Å². The molecule has 3 aromatic rings. The summed E-state index contributed by atoms with van der Waals surface area (Å²) in [5, 5.41) is 14.5. The maximum Gasteiger partial charge on any atom is 0.337 e. The molecular formula is C20H17BrCl4N4O3. The van der Waals surface area contributed by atoms with Crippen molar-refractivity contribution in [3.05, 3.63) is 67.5 Å². The van der Waals surface area contributed by atoms with Crippen LogP contribution in [0.4, 0.5) is 5.69 Å². The SMILES string of the molecule is CCCCN(C(=O)c1cc(Br)nn1-c1ncccc1Cl)c1c(Cl)cc(Cl)cc1C(=O)O.Cl. The van der Waals surface area contributed by atoms with Gasteiger partial charge in [-0.3, -0.25) is 4.79 Å². The smallest absolute Gasteiger partial charge is 0.337 e. The predicted octanol–water partition coefficient (Wildman–Crippen LogP) is 6.56. The van der Waals surface area contributed by atoms with Gasteiger partial charge >= 0.3 is 5.97 Å². The van der Waals surface area contributed by atoms with Crippen molar-refractivity contribution in [2.24, 2.45) is 0 Å². The van der Waals surface area contributed by atoms with Crippen LogP contribution in [0.5, 0.6) is 0 Å². The minimum absolute atomic E-state index is 0. The Morgan fingerprint density at radius 1 is 1.19 bits per heavy atom. The lowest BCUT2D eigenvalue weighted by atomic mass is 10.1. The number of hydrogen-bond acceptors (Lipinski definition) is 4. The average Bonchev–Trinajstić information content (AvgIpc) is 3.10. The minimum Gasteiger partial charge on any atom is -0.478 e. The van der Waals surface area contributed by atoms with Gasteiger partial charge in [0, 0.05) is 23.8 Å². The van der Waals surface area contributed by atoms with Crippen LogP contribution in [0.3, 0.4) is 0 Å². The van der Waals surface area contributed by atoms with Gasteiger partial charge in [0.15, 0.2) is 5.82 Å². The average molecular weight is 583 g/mol. The van der Waals surface area contributed by atoms with Gasteiger partial charge in [0.25, 0.3) is 5.91 Å². The molecule has 170 valence electrons. The van der Waals surface area contributed by atoms with Gasteiger partial charge in [0.2, 0.25) is 0 Å². The Bertz CT molecular complexity index is 1160. The van der Waals surface area contributed by atoms with Crippen LogP contribution in [0, 0.1) is 0 Å². The number of hydrogen-bond donors (Lipinski definition) is 1. The van der Waals surface area contributed by atoms with Crippen LogP contribution in [-0.2, 0) is 0 Å². The first-order chi connectivity index (χ1) is 14.7. The highest BCUT2D eigenvalue weighted by atomic mass is 79.9. The summed E-state index contributed by atoms with van der Waals surface area (Å²) in [4.78, 5) is 31.1. The zero-order valence-electron chi connectivity index (χ0n) is 16.6. The molecule has 0 radical (unpaired) electrons. The molecule has 12 heteroatoms. The molecular weight excluding hydrogens is 566 g/mol. The van der Waals surface area contributed by atoms with Crippen molar-refractivity contribution in [1.82, 2.24) is 14.8 Å². The third kappa shape index (κ3) is 5.55. The Morgan fingerprint density at radius 2 is 1.91 bits per heavy atom. The number of amides is 1. The fraction of sp³-hybridized carbons (Fsp3) is 0.200. The summed E-state index contributed by atoms with van der Waals surface area (Å²) in [5.74, 6) is -1.51. The number of benzene rings is 1. The highest BCUT2D eigenvalue weighted by Gasteiger charge is 2.29. The topological polar surface area (TPSA) is 88.3 Å². The van der Waals surface area contributed by atoms with E-state index in [-0.39, 0.29) is 51.8 Å². The zero-order chi connectivity index (χ0) is 22.7. The first-order valence-corrected chi connectivity index (χ1v) is 11.1. The first kappa shape index (κ1) is 26.4. The highest BCUT2D eigenvalue weighted by molar-refractivity contribution is 9.10. The van der Waals surface area contributed by atoms with Crippen LogP contribution >= 0.6 is 63.1 Å². The quantitative estimate of drug-likeness (QED) is 0.341. The Balaban J connectivity index is 0.00000363. The van der Waals surface area contributed by atoms with Crippen molar-refractivity contribution in [3.8, 4) is 5.82 Å². The third-order valence-corrected chi connectivity index (χ3v) is 5.54. The third-order valence-electron chi connectivity index (χ3n) is 4.35. The van der Waals surface area contributed by atoms with Crippen LogP contribution < -0.4 is 4.90 Å². The van der Waals surface area contributed by atoms with Crippen LogP contribution in [0.1, 0.15) is 40.6 Å². The van der Waals surface area contributed by atoms with Gasteiger partial charge in [-0.1, -0.05) is 48.1 Å². The van der Waals surface area contributed by atoms with Gasteiger partial charge in [0.05, 0.1) is 21.3 Å². The lowest BCUT2D eigenvalue weighted by Crippen LogP contribution is -2.35. The van der Waals surface area contributed by atoms with Gasteiger partial charge in [-0.2, -0.15) is 5.10 Å². The van der Waals surface area contributed by atoms with E-state index in [9.17, 15) is 14.7 Å². The zero-order valence-corrected chi connectivity index (χ0v) is 21.2. The molecule has 32 heavy (non-hydrogen) atoms. The second-order valence-corrected chi connectivity index (χ2v) is 8.54. The molecule has 0 atom stereocenters. The fourth-order valence-corrected chi connectivity index (χ4v) is 4.14. The Hall–Kier alpha value is -1.84. The Labute approximate surface area is 213 Å². The molecule has 0 fully saturated rings. The number of rotatable bonds is 7. The number of carboxylic acid groups (broad SMARTS) is 1. The maximum atomic E-state index is 13.7. The summed E-state index contributed by atoms with van der Waals surface area (Å²) in [7, 11) is 0. The van der Waals surface area contributed by atoms with Crippen LogP contribution in [0.15, 0.2) is 41.1 Å². The molecule has 7 nitrogen and oxygen atoms in total. The highest BCUT2D eigenvalue weighted by Crippen LogP contribution is 2.35. The molecule has 1 amide bonds. The second kappa shape index (κ2) is 11.3. The number of aromatic nitrogens is 3. The minimum atomic E-state index is -1.25. The summed E-state index contributed by atoms with van der Waals surface area (Å²) in [6.45, 7) is 2.19. The predicted molar refractivity (Wildman–Crippen MR) is 131 cm³/mol. The van der Waals surface area contributed by atoms with Gasteiger partial charge < -0.3 is 10.0 Å². The number of pyridine rings is 1. The van der Waals surface area contributed by atoms with E-state index < -0.39 is 11.9 Å². The molecule has 0 spiro atoms. The number of aromatic carboxylic acids is 1. The van der Waals surface area contributed by atoms with Crippen molar-refractivity contribution in [2.75, 3.05) is 11.4 Å². The fourth-order valence-electron chi connectivity index (χ4n) is 2.97. The van der Waals surface area contributed by atoms with Crippen LogP contribution in [-0.4, -0.2) is 38.3 Å². The summed E-state index contributed by atoms with van der Waals surface area (Å²) < 4.78 is 1.69. The Kier molecular flexibility index (Phi) is 9.36. The molecule has 0 bridgehead atoms. The summed E-state index contributed by atoms with van der Waals surface area (Å²) in [6.07, 6.45) is 2.91. The number of unbranched alkanes of at least 4 members (excludes halogenated alkanes) is 1. The van der Waals surface area contributed by atoms with Gasteiger partial charge in [-0.25, -0.2) is 14.5 Å². The number of carbonyl (C=O) groups excluding carboxylic acids is 1. The van der Waals surface area contributed by atoms with Gasteiger partial charge in [0.1, 0.15) is 10.3 Å². The summed E-state index contributed by atoms with van der Waals surface area (Å²) in [5.41, 5.74) is 0.0156. The van der Waals surface area contributed by atoms with E-state index in [1.54, 1.807) is 12.1 Å².